The Kier molecular flexibility index (Phi) is 4.23. The molecule has 0 aromatic heterocycles. The van der Waals surface area contributed by atoms with Gasteiger partial charge < -0.3 is 5.32 Å². The zero-order valence-electron chi connectivity index (χ0n) is 11.0. The highest BCUT2D eigenvalue weighted by molar-refractivity contribution is 6.34. The van der Waals surface area contributed by atoms with Crippen LogP contribution in [0.4, 0.5) is 5.69 Å². The monoisotopic (exact) mass is 273 g/mol. The number of rotatable bonds is 3. The first kappa shape index (κ1) is 13.6. The molecule has 2 aromatic rings. The van der Waals surface area contributed by atoms with E-state index in [0.29, 0.717) is 16.5 Å². The van der Waals surface area contributed by atoms with Crippen molar-refractivity contribution in [2.24, 2.45) is 0 Å². The predicted molar refractivity (Wildman–Crippen MR) is 79.9 cm³/mol. The Morgan fingerprint density at radius 3 is 2.26 bits per heavy atom. The number of nitrogens with one attached hydrogen (secondary N) is 1. The van der Waals surface area contributed by atoms with E-state index in [9.17, 15) is 4.79 Å². The third-order valence-corrected chi connectivity index (χ3v) is 3.28. The van der Waals surface area contributed by atoms with E-state index in [1.807, 2.05) is 24.3 Å². The molecular formula is C16H16ClNO. The SMILES string of the molecule is CC(C)c1ccc(NC(=O)c2ccccc2Cl)cc1. The van der Waals surface area contributed by atoms with Gasteiger partial charge >= 0.3 is 0 Å². The molecule has 2 aromatic carbocycles. The van der Waals surface area contributed by atoms with Crippen molar-refractivity contribution in [1.29, 1.82) is 0 Å². The highest BCUT2D eigenvalue weighted by atomic mass is 35.5. The van der Waals surface area contributed by atoms with Gasteiger partial charge in [-0.3, -0.25) is 4.79 Å². The van der Waals surface area contributed by atoms with Gasteiger partial charge in [0.1, 0.15) is 0 Å². The molecule has 1 N–H and O–H groups in total. The maximum absolute atomic E-state index is 12.1. The van der Waals surface area contributed by atoms with Gasteiger partial charge in [-0.2, -0.15) is 0 Å². The predicted octanol–water partition coefficient (Wildman–Crippen LogP) is 4.72. The number of carbonyl (C=O) groups excluding carboxylic acids is 1. The molecule has 19 heavy (non-hydrogen) atoms. The van der Waals surface area contributed by atoms with Crippen LogP contribution in [0.1, 0.15) is 35.7 Å². The van der Waals surface area contributed by atoms with Gasteiger partial charge in [0.2, 0.25) is 0 Å². The van der Waals surface area contributed by atoms with Gasteiger partial charge in [-0.1, -0.05) is 49.7 Å². The Hall–Kier alpha value is -1.80. The third kappa shape index (κ3) is 3.36. The number of carbonyl (C=O) groups is 1. The standard InChI is InChI=1S/C16H16ClNO/c1-11(2)12-7-9-13(10-8-12)18-16(19)14-5-3-4-6-15(14)17/h3-11H,1-2H3,(H,18,19). The van der Waals surface area contributed by atoms with Crippen LogP contribution >= 0.6 is 11.6 Å². The fraction of sp³-hybridized carbons (Fsp3) is 0.188. The number of hydrogen-bond acceptors (Lipinski definition) is 1. The van der Waals surface area contributed by atoms with Crippen molar-refractivity contribution in [2.75, 3.05) is 5.32 Å². The molecule has 0 aliphatic rings. The van der Waals surface area contributed by atoms with Crippen molar-refractivity contribution in [3.8, 4) is 0 Å². The molecule has 2 nitrogen and oxygen atoms in total. The fourth-order valence-corrected chi connectivity index (χ4v) is 2.02. The molecule has 0 saturated heterocycles. The molecule has 0 fully saturated rings. The summed E-state index contributed by atoms with van der Waals surface area (Å²) in [5.41, 5.74) is 2.50. The molecule has 0 radical (unpaired) electrons. The lowest BCUT2D eigenvalue weighted by Gasteiger charge is -2.09. The van der Waals surface area contributed by atoms with Crippen molar-refractivity contribution in [1.82, 2.24) is 0 Å². The molecule has 0 heterocycles. The molecule has 3 heteroatoms. The number of amides is 1. The Bertz CT molecular complexity index is 576. The maximum atomic E-state index is 12.1. The second-order valence-electron chi connectivity index (χ2n) is 4.71. The van der Waals surface area contributed by atoms with Crippen LogP contribution in [0.15, 0.2) is 48.5 Å². The van der Waals surface area contributed by atoms with Crippen LogP contribution in [0, 0.1) is 0 Å². The van der Waals surface area contributed by atoms with Crippen molar-refractivity contribution in [2.45, 2.75) is 19.8 Å². The molecule has 1 amide bonds. The smallest absolute Gasteiger partial charge is 0.257 e. The maximum Gasteiger partial charge on any atom is 0.257 e. The average Bonchev–Trinajstić information content (AvgIpc) is 2.39. The summed E-state index contributed by atoms with van der Waals surface area (Å²) < 4.78 is 0. The zero-order valence-corrected chi connectivity index (χ0v) is 11.7. The third-order valence-electron chi connectivity index (χ3n) is 2.95. The van der Waals surface area contributed by atoms with Crippen LogP contribution in [0.3, 0.4) is 0 Å². The van der Waals surface area contributed by atoms with Gasteiger partial charge in [0.15, 0.2) is 0 Å². The van der Waals surface area contributed by atoms with E-state index >= 15 is 0 Å². The number of benzene rings is 2. The number of halogens is 1. The van der Waals surface area contributed by atoms with E-state index in [-0.39, 0.29) is 5.91 Å². The lowest BCUT2D eigenvalue weighted by atomic mass is 10.0. The quantitative estimate of drug-likeness (QED) is 0.862. The second-order valence-corrected chi connectivity index (χ2v) is 5.12. The fourth-order valence-electron chi connectivity index (χ4n) is 1.80. The highest BCUT2D eigenvalue weighted by Crippen LogP contribution is 2.19. The molecule has 0 spiro atoms. The van der Waals surface area contributed by atoms with Gasteiger partial charge in [-0.15, -0.1) is 0 Å². The van der Waals surface area contributed by atoms with Crippen molar-refractivity contribution >= 4 is 23.2 Å². The summed E-state index contributed by atoms with van der Waals surface area (Å²) in [5.74, 6) is 0.288. The Morgan fingerprint density at radius 1 is 1.05 bits per heavy atom. The van der Waals surface area contributed by atoms with Gasteiger partial charge in [0.05, 0.1) is 10.6 Å². The van der Waals surface area contributed by atoms with Crippen LogP contribution in [-0.2, 0) is 0 Å². The summed E-state index contributed by atoms with van der Waals surface area (Å²) in [5, 5.41) is 3.30. The lowest BCUT2D eigenvalue weighted by molar-refractivity contribution is 0.102. The normalized spacial score (nSPS) is 10.5. The van der Waals surface area contributed by atoms with Crippen LogP contribution < -0.4 is 5.32 Å². The molecule has 0 bridgehead atoms. The second kappa shape index (κ2) is 5.89. The Morgan fingerprint density at radius 2 is 1.68 bits per heavy atom. The molecule has 0 saturated carbocycles. The first-order chi connectivity index (χ1) is 9.08. The van der Waals surface area contributed by atoms with Crippen molar-refractivity contribution in [3.63, 3.8) is 0 Å². The lowest BCUT2D eigenvalue weighted by Crippen LogP contribution is -2.12. The zero-order chi connectivity index (χ0) is 13.8. The molecule has 98 valence electrons. The van der Waals surface area contributed by atoms with Crippen LogP contribution in [0.2, 0.25) is 5.02 Å². The molecule has 2 rings (SSSR count). The van der Waals surface area contributed by atoms with Gasteiger partial charge in [-0.05, 0) is 35.7 Å². The summed E-state index contributed by atoms with van der Waals surface area (Å²) in [6.07, 6.45) is 0. The summed E-state index contributed by atoms with van der Waals surface area (Å²) in [6.45, 7) is 4.27. The highest BCUT2D eigenvalue weighted by Gasteiger charge is 2.09. The van der Waals surface area contributed by atoms with E-state index in [4.69, 9.17) is 11.6 Å². The minimum absolute atomic E-state index is 0.192. The van der Waals surface area contributed by atoms with E-state index in [1.54, 1.807) is 24.3 Å². The molecule has 0 atom stereocenters. The van der Waals surface area contributed by atoms with Crippen molar-refractivity contribution in [3.05, 3.63) is 64.7 Å². The van der Waals surface area contributed by atoms with E-state index in [2.05, 4.69) is 19.2 Å². The largest absolute Gasteiger partial charge is 0.322 e. The van der Waals surface area contributed by atoms with E-state index < -0.39 is 0 Å². The summed E-state index contributed by atoms with van der Waals surface area (Å²) in [4.78, 5) is 12.1. The summed E-state index contributed by atoms with van der Waals surface area (Å²) in [7, 11) is 0. The Labute approximate surface area is 118 Å². The number of hydrogen-bond donors (Lipinski definition) is 1. The first-order valence-electron chi connectivity index (χ1n) is 6.24. The minimum atomic E-state index is -0.192. The molecule has 0 aliphatic carbocycles. The average molecular weight is 274 g/mol. The summed E-state index contributed by atoms with van der Waals surface area (Å²) >= 11 is 5.99. The molecular weight excluding hydrogens is 258 g/mol. The topological polar surface area (TPSA) is 29.1 Å². The van der Waals surface area contributed by atoms with Crippen molar-refractivity contribution < 1.29 is 4.79 Å². The first-order valence-corrected chi connectivity index (χ1v) is 6.61. The van der Waals surface area contributed by atoms with E-state index in [1.165, 1.54) is 5.56 Å². The van der Waals surface area contributed by atoms with Gasteiger partial charge in [0, 0.05) is 5.69 Å². The van der Waals surface area contributed by atoms with E-state index in [0.717, 1.165) is 5.69 Å². The van der Waals surface area contributed by atoms with Gasteiger partial charge in [-0.25, -0.2) is 0 Å². The molecule has 0 unspecified atom stereocenters. The molecule has 0 aliphatic heterocycles. The summed E-state index contributed by atoms with van der Waals surface area (Å²) in [6, 6.07) is 14.9. The minimum Gasteiger partial charge on any atom is -0.322 e. The van der Waals surface area contributed by atoms with Crippen LogP contribution in [0.25, 0.3) is 0 Å². The van der Waals surface area contributed by atoms with Crippen LogP contribution in [-0.4, -0.2) is 5.91 Å². The van der Waals surface area contributed by atoms with Gasteiger partial charge in [0.25, 0.3) is 5.91 Å². The number of anilines is 1. The Balaban J connectivity index is 2.13. The van der Waals surface area contributed by atoms with Crippen LogP contribution in [0.5, 0.6) is 0 Å².